The monoisotopic (exact) mass is 520 g/mol. The number of esters is 1. The molecule has 0 aromatic heterocycles. The lowest BCUT2D eigenvalue weighted by Crippen LogP contribution is -2.63. The molecule has 5 aliphatic rings. The highest BCUT2D eigenvalue weighted by Crippen LogP contribution is 2.68. The summed E-state index contributed by atoms with van der Waals surface area (Å²) < 4.78 is 5.34. The molecule has 8 heteroatoms. The van der Waals surface area contributed by atoms with E-state index in [9.17, 15) is 35.1 Å². The smallest absolute Gasteiger partial charge is 0.309 e. The normalized spacial score (nSPS) is 51.9. The van der Waals surface area contributed by atoms with Crippen LogP contribution in [0.1, 0.15) is 79.6 Å². The number of ketones is 1. The molecule has 208 valence electrons. The lowest BCUT2D eigenvalue weighted by atomic mass is 9.45. The van der Waals surface area contributed by atoms with Crippen molar-refractivity contribution >= 4 is 11.8 Å². The van der Waals surface area contributed by atoms with Gasteiger partial charge in [-0.3, -0.25) is 9.59 Å². The third kappa shape index (κ3) is 3.65. The Kier molecular flexibility index (Phi) is 6.33. The van der Waals surface area contributed by atoms with Crippen LogP contribution in [-0.4, -0.2) is 72.9 Å². The van der Waals surface area contributed by atoms with E-state index < -0.39 is 52.2 Å². The number of cyclic esters (lactones) is 1. The number of hydrogen-bond donors (Lipinski definition) is 5. The summed E-state index contributed by atoms with van der Waals surface area (Å²) in [6.07, 6.45) is 1.21. The quantitative estimate of drug-likeness (QED) is 0.354. The van der Waals surface area contributed by atoms with Gasteiger partial charge in [-0.05, 0) is 87.7 Å². The molecular formula is C29H44O8. The second-order valence-corrected chi connectivity index (χ2v) is 13.7. The number of carbonyl (C=O) groups excluding carboxylic acids is 2. The van der Waals surface area contributed by atoms with Gasteiger partial charge in [0.2, 0.25) is 0 Å². The second kappa shape index (κ2) is 8.59. The van der Waals surface area contributed by atoms with Crippen LogP contribution < -0.4 is 0 Å². The molecule has 5 N–H and O–H groups in total. The Morgan fingerprint density at radius 1 is 1.11 bits per heavy atom. The van der Waals surface area contributed by atoms with Crippen LogP contribution in [0, 0.1) is 40.4 Å². The highest BCUT2D eigenvalue weighted by atomic mass is 16.6. The van der Waals surface area contributed by atoms with Crippen molar-refractivity contribution in [3.63, 3.8) is 0 Å². The maximum atomic E-state index is 13.3. The van der Waals surface area contributed by atoms with E-state index in [1.165, 1.54) is 0 Å². The Balaban J connectivity index is 1.44. The van der Waals surface area contributed by atoms with E-state index in [2.05, 4.69) is 0 Å². The molecule has 5 rings (SSSR count). The fourth-order valence-electron chi connectivity index (χ4n) is 9.39. The van der Waals surface area contributed by atoms with Crippen molar-refractivity contribution in [2.24, 2.45) is 40.4 Å². The molecule has 4 fully saturated rings. The summed E-state index contributed by atoms with van der Waals surface area (Å²) in [6, 6.07) is 0. The molecule has 1 saturated heterocycles. The van der Waals surface area contributed by atoms with Crippen LogP contribution in [-0.2, 0) is 14.3 Å². The van der Waals surface area contributed by atoms with Gasteiger partial charge in [-0.2, -0.15) is 0 Å². The highest BCUT2D eigenvalue weighted by Gasteiger charge is 2.69. The molecule has 0 aromatic rings. The number of aliphatic hydroxyl groups is 5. The van der Waals surface area contributed by atoms with E-state index in [-0.39, 0.29) is 48.5 Å². The summed E-state index contributed by atoms with van der Waals surface area (Å²) in [4.78, 5) is 25.4. The number of rotatable bonds is 4. The van der Waals surface area contributed by atoms with Gasteiger partial charge in [0, 0.05) is 17.3 Å². The largest absolute Gasteiger partial charge is 0.462 e. The van der Waals surface area contributed by atoms with Crippen LogP contribution in [0.3, 0.4) is 0 Å². The minimum absolute atomic E-state index is 0.104. The molecular weight excluding hydrogens is 476 g/mol. The minimum Gasteiger partial charge on any atom is -0.462 e. The van der Waals surface area contributed by atoms with Crippen molar-refractivity contribution in [2.75, 3.05) is 0 Å². The van der Waals surface area contributed by atoms with Crippen LogP contribution in [0.2, 0.25) is 0 Å². The first kappa shape index (κ1) is 27.3. The average Bonchev–Trinajstić information content (AvgIpc) is 3.23. The molecule has 1 heterocycles. The molecule has 4 aliphatic carbocycles. The Labute approximate surface area is 219 Å². The number of allylic oxidation sites excluding steroid dienone is 1. The Bertz CT molecular complexity index is 1010. The van der Waals surface area contributed by atoms with Gasteiger partial charge in [0.15, 0.2) is 5.78 Å². The molecule has 1 aliphatic heterocycles. The first-order valence-electron chi connectivity index (χ1n) is 14.0. The number of aliphatic hydroxyl groups excluding tert-OH is 3. The lowest BCUT2D eigenvalue weighted by molar-refractivity contribution is -0.178. The minimum atomic E-state index is -1.52. The molecule has 0 amide bonds. The van der Waals surface area contributed by atoms with E-state index in [0.29, 0.717) is 37.7 Å². The van der Waals surface area contributed by atoms with E-state index in [1.807, 2.05) is 20.8 Å². The van der Waals surface area contributed by atoms with Gasteiger partial charge in [0.1, 0.15) is 6.10 Å². The molecule has 3 saturated carbocycles. The summed E-state index contributed by atoms with van der Waals surface area (Å²) in [7, 11) is 0. The van der Waals surface area contributed by atoms with Gasteiger partial charge in [-0.15, -0.1) is 0 Å². The van der Waals surface area contributed by atoms with Crippen LogP contribution in [0.15, 0.2) is 11.6 Å². The standard InChI is InChI=1S/C29H44O8/c1-14-16(15(2)37-25(14)34)10-24(33)28(5,35)23-7-9-29(36)18-11-20(30)19-12-21(31)22(32)13-26(19,3)17(18)6-8-27(23,29)4/h11,14-17,19,21-24,31-33,35-36H,6-10,12-13H2,1-5H3/t14-,15-,16+,17+,19+,21-,22+,23+,24-,26-,27-,28+,29-/m1/s1. The Morgan fingerprint density at radius 2 is 1.78 bits per heavy atom. The van der Waals surface area contributed by atoms with Gasteiger partial charge in [-0.25, -0.2) is 0 Å². The van der Waals surface area contributed by atoms with Gasteiger partial charge in [0.05, 0.1) is 35.4 Å². The van der Waals surface area contributed by atoms with Crippen LogP contribution in [0.5, 0.6) is 0 Å². The summed E-state index contributed by atoms with van der Waals surface area (Å²) in [5.41, 5.74) is -3.47. The van der Waals surface area contributed by atoms with Gasteiger partial charge in [-0.1, -0.05) is 20.8 Å². The predicted octanol–water partition coefficient (Wildman–Crippen LogP) is 1.89. The van der Waals surface area contributed by atoms with E-state index in [1.54, 1.807) is 19.9 Å². The van der Waals surface area contributed by atoms with E-state index >= 15 is 0 Å². The number of ether oxygens (including phenoxy) is 1. The summed E-state index contributed by atoms with van der Waals surface area (Å²) in [5, 5.41) is 56.2. The molecule has 13 atom stereocenters. The molecule has 37 heavy (non-hydrogen) atoms. The SMILES string of the molecule is C[C@H]1OC(=O)[C@H](C)[C@@H]1C[C@@H](O)[C@@](C)(O)[C@H]1CC[C@@]2(O)C3=CC(=O)[C@@H]4C[C@@H](O)[C@@H](O)C[C@]4(C)[C@H]3CC[C@]12C. The summed E-state index contributed by atoms with van der Waals surface area (Å²) in [5.74, 6) is -1.88. The zero-order chi connectivity index (χ0) is 27.3. The van der Waals surface area contributed by atoms with E-state index in [0.717, 1.165) is 0 Å². The highest BCUT2D eigenvalue weighted by molar-refractivity contribution is 5.95. The third-order valence-corrected chi connectivity index (χ3v) is 11.9. The first-order valence-corrected chi connectivity index (χ1v) is 14.0. The maximum Gasteiger partial charge on any atom is 0.309 e. The molecule has 8 nitrogen and oxygen atoms in total. The average molecular weight is 521 g/mol. The fraction of sp³-hybridized carbons (Fsp3) is 0.862. The van der Waals surface area contributed by atoms with Crippen molar-refractivity contribution in [1.29, 1.82) is 0 Å². The number of fused-ring (bicyclic) bond motifs is 5. The van der Waals surface area contributed by atoms with Crippen molar-refractivity contribution in [1.82, 2.24) is 0 Å². The molecule has 0 radical (unpaired) electrons. The number of hydrogen-bond acceptors (Lipinski definition) is 8. The van der Waals surface area contributed by atoms with Gasteiger partial charge >= 0.3 is 5.97 Å². The zero-order valence-corrected chi connectivity index (χ0v) is 22.7. The zero-order valence-electron chi connectivity index (χ0n) is 22.7. The fourth-order valence-corrected chi connectivity index (χ4v) is 9.39. The number of carbonyl (C=O) groups is 2. The van der Waals surface area contributed by atoms with Crippen LogP contribution in [0.25, 0.3) is 0 Å². The molecule has 0 unspecified atom stereocenters. The van der Waals surface area contributed by atoms with Crippen molar-refractivity contribution in [3.05, 3.63) is 11.6 Å². The molecule has 0 aromatic carbocycles. The summed E-state index contributed by atoms with van der Waals surface area (Å²) >= 11 is 0. The Hall–Kier alpha value is -1.32. The van der Waals surface area contributed by atoms with Crippen molar-refractivity contribution < 1.29 is 39.9 Å². The topological polar surface area (TPSA) is 145 Å². The van der Waals surface area contributed by atoms with Crippen LogP contribution >= 0.6 is 0 Å². The third-order valence-electron chi connectivity index (χ3n) is 11.9. The van der Waals surface area contributed by atoms with Crippen molar-refractivity contribution in [3.8, 4) is 0 Å². The second-order valence-electron chi connectivity index (χ2n) is 13.7. The summed E-state index contributed by atoms with van der Waals surface area (Å²) in [6.45, 7) is 9.21. The van der Waals surface area contributed by atoms with Crippen LogP contribution in [0.4, 0.5) is 0 Å². The molecule has 0 bridgehead atoms. The maximum absolute atomic E-state index is 13.3. The first-order chi connectivity index (χ1) is 17.1. The van der Waals surface area contributed by atoms with Crippen molar-refractivity contribution in [2.45, 2.75) is 115 Å². The Morgan fingerprint density at radius 3 is 2.41 bits per heavy atom. The van der Waals surface area contributed by atoms with E-state index in [4.69, 9.17) is 4.74 Å². The van der Waals surface area contributed by atoms with Gasteiger partial charge < -0.3 is 30.3 Å². The predicted molar refractivity (Wildman–Crippen MR) is 134 cm³/mol. The van der Waals surface area contributed by atoms with Gasteiger partial charge in [0.25, 0.3) is 0 Å². The lowest BCUT2D eigenvalue weighted by Gasteiger charge is -2.60. The molecule has 0 spiro atoms.